The molecule has 76 valence electrons. The summed E-state index contributed by atoms with van der Waals surface area (Å²) in [6.07, 6.45) is 0.709. The first kappa shape index (κ1) is 10.3. The van der Waals surface area contributed by atoms with Gasteiger partial charge in [0.2, 0.25) is 0 Å². The lowest BCUT2D eigenvalue weighted by molar-refractivity contribution is -0.118. The number of carbonyl (C=O) groups excluding carboxylic acids is 1. The van der Waals surface area contributed by atoms with E-state index in [1.807, 2.05) is 30.3 Å². The van der Waals surface area contributed by atoms with Gasteiger partial charge in [0, 0.05) is 23.7 Å². The molecule has 0 aromatic heterocycles. The van der Waals surface area contributed by atoms with Gasteiger partial charge in [-0.15, -0.1) is 0 Å². The van der Waals surface area contributed by atoms with Gasteiger partial charge in [-0.05, 0) is 12.1 Å². The molecule has 1 aliphatic heterocycles. The Balaban J connectivity index is 1.93. The second-order valence-corrected chi connectivity index (χ2v) is 4.58. The summed E-state index contributed by atoms with van der Waals surface area (Å²) in [5, 5.41) is 0. The van der Waals surface area contributed by atoms with Crippen LogP contribution in [0, 0.1) is 17.8 Å². The van der Waals surface area contributed by atoms with E-state index < -0.39 is 0 Å². The molecule has 1 nitrogen and oxygen atoms in total. The fourth-order valence-corrected chi connectivity index (χ4v) is 2.63. The molecule has 1 saturated heterocycles. The number of ketones is 1. The monoisotopic (exact) mass is 216 g/mol. The molecule has 1 fully saturated rings. The highest BCUT2D eigenvalue weighted by Gasteiger charge is 2.23. The van der Waals surface area contributed by atoms with Crippen molar-refractivity contribution in [3.05, 3.63) is 35.9 Å². The van der Waals surface area contributed by atoms with Crippen LogP contribution in [-0.4, -0.2) is 17.3 Å². The van der Waals surface area contributed by atoms with Crippen molar-refractivity contribution in [2.75, 3.05) is 11.5 Å². The zero-order chi connectivity index (χ0) is 10.5. The van der Waals surface area contributed by atoms with E-state index in [0.717, 1.165) is 11.3 Å². The Morgan fingerprint density at radius 2 is 2.13 bits per heavy atom. The van der Waals surface area contributed by atoms with Crippen LogP contribution in [0.3, 0.4) is 0 Å². The first-order valence-corrected chi connectivity index (χ1v) is 6.16. The number of benzene rings is 1. The maximum Gasteiger partial charge on any atom is 0.147 e. The van der Waals surface area contributed by atoms with E-state index in [-0.39, 0.29) is 5.92 Å². The van der Waals surface area contributed by atoms with Gasteiger partial charge in [0.05, 0.1) is 5.75 Å². The molecule has 2 heteroatoms. The predicted molar refractivity (Wildman–Crippen MR) is 63.8 cm³/mol. The van der Waals surface area contributed by atoms with Crippen LogP contribution in [0.4, 0.5) is 0 Å². The molecule has 0 N–H and O–H groups in total. The predicted octanol–water partition coefficient (Wildman–Crippen LogP) is 2.36. The highest BCUT2D eigenvalue weighted by atomic mass is 32.2. The molecule has 0 radical (unpaired) electrons. The fraction of sp³-hybridized carbons (Fsp3) is 0.308. The number of carbonyl (C=O) groups is 1. The molecule has 0 aliphatic carbocycles. The molecule has 2 rings (SSSR count). The normalized spacial score (nSPS) is 19.7. The van der Waals surface area contributed by atoms with Gasteiger partial charge in [-0.25, -0.2) is 0 Å². The molecule has 1 aromatic carbocycles. The molecule has 1 heterocycles. The summed E-state index contributed by atoms with van der Waals surface area (Å²) in [5.74, 6) is 8.33. The quantitative estimate of drug-likeness (QED) is 0.670. The number of hydrogen-bond donors (Lipinski definition) is 0. The first-order chi connectivity index (χ1) is 7.36. The van der Waals surface area contributed by atoms with Crippen LogP contribution in [0.1, 0.15) is 12.0 Å². The Morgan fingerprint density at radius 3 is 2.80 bits per heavy atom. The molecule has 15 heavy (non-hydrogen) atoms. The van der Waals surface area contributed by atoms with Crippen molar-refractivity contribution in [3.63, 3.8) is 0 Å². The largest absolute Gasteiger partial charge is 0.298 e. The fourth-order valence-electron chi connectivity index (χ4n) is 1.48. The number of hydrogen-bond acceptors (Lipinski definition) is 2. The molecular formula is C13H12OS. The second-order valence-electron chi connectivity index (χ2n) is 3.55. The molecule has 0 saturated carbocycles. The minimum absolute atomic E-state index is 0.172. The summed E-state index contributed by atoms with van der Waals surface area (Å²) in [6.45, 7) is 0. The molecule has 1 aliphatic rings. The van der Waals surface area contributed by atoms with Gasteiger partial charge >= 0.3 is 0 Å². The third kappa shape index (κ3) is 2.87. The zero-order valence-electron chi connectivity index (χ0n) is 8.40. The van der Waals surface area contributed by atoms with Gasteiger partial charge in [-0.3, -0.25) is 4.79 Å². The average molecular weight is 216 g/mol. The van der Waals surface area contributed by atoms with Crippen molar-refractivity contribution in [1.29, 1.82) is 0 Å². The van der Waals surface area contributed by atoms with E-state index >= 15 is 0 Å². The highest BCUT2D eigenvalue weighted by Crippen LogP contribution is 2.22. The van der Waals surface area contributed by atoms with Crippen LogP contribution in [0.2, 0.25) is 0 Å². The first-order valence-electron chi connectivity index (χ1n) is 5.00. The molecule has 1 aromatic rings. The van der Waals surface area contributed by atoms with Crippen LogP contribution in [0.15, 0.2) is 30.3 Å². The Bertz CT molecular complexity index is 400. The van der Waals surface area contributed by atoms with E-state index in [2.05, 4.69) is 11.8 Å². The Hall–Kier alpha value is -1.20. The van der Waals surface area contributed by atoms with Crippen molar-refractivity contribution in [2.45, 2.75) is 6.42 Å². The van der Waals surface area contributed by atoms with Gasteiger partial charge in [0.15, 0.2) is 0 Å². The minimum Gasteiger partial charge on any atom is -0.298 e. The molecule has 0 bridgehead atoms. The summed E-state index contributed by atoms with van der Waals surface area (Å²) in [5.41, 5.74) is 1.02. The van der Waals surface area contributed by atoms with E-state index in [0.29, 0.717) is 18.0 Å². The van der Waals surface area contributed by atoms with E-state index in [1.165, 1.54) is 0 Å². The smallest absolute Gasteiger partial charge is 0.147 e. The summed E-state index contributed by atoms with van der Waals surface area (Å²) in [4.78, 5) is 11.3. The van der Waals surface area contributed by atoms with Crippen molar-refractivity contribution < 1.29 is 4.79 Å². The maximum absolute atomic E-state index is 11.3. The van der Waals surface area contributed by atoms with Crippen LogP contribution in [0.5, 0.6) is 0 Å². The highest BCUT2D eigenvalue weighted by molar-refractivity contribution is 8.00. The standard InChI is InChI=1S/C13H12OS/c14-13-10-15-9-12(13)8-4-7-11-5-2-1-3-6-11/h1-3,5-6,12H,8-10H2. The van der Waals surface area contributed by atoms with Gasteiger partial charge in [0.25, 0.3) is 0 Å². The lowest BCUT2D eigenvalue weighted by Crippen LogP contribution is -2.09. The molecule has 0 amide bonds. The second kappa shape index (κ2) is 5.04. The third-order valence-corrected chi connectivity index (χ3v) is 3.50. The van der Waals surface area contributed by atoms with Crippen molar-refractivity contribution in [2.24, 2.45) is 5.92 Å². The van der Waals surface area contributed by atoms with E-state index in [9.17, 15) is 4.79 Å². The van der Waals surface area contributed by atoms with Gasteiger partial charge in [-0.2, -0.15) is 11.8 Å². The van der Waals surface area contributed by atoms with Crippen LogP contribution in [-0.2, 0) is 4.79 Å². The molecule has 0 spiro atoms. The topological polar surface area (TPSA) is 17.1 Å². The van der Waals surface area contributed by atoms with Crippen LogP contribution in [0.25, 0.3) is 0 Å². The number of rotatable bonds is 1. The third-order valence-electron chi connectivity index (χ3n) is 2.37. The maximum atomic E-state index is 11.3. The Morgan fingerprint density at radius 1 is 1.33 bits per heavy atom. The SMILES string of the molecule is O=C1CSCC1CC#Cc1ccccc1. The van der Waals surface area contributed by atoms with E-state index in [1.54, 1.807) is 11.8 Å². The molecular weight excluding hydrogens is 204 g/mol. The van der Waals surface area contributed by atoms with Crippen molar-refractivity contribution in [3.8, 4) is 11.8 Å². The van der Waals surface area contributed by atoms with Crippen LogP contribution >= 0.6 is 11.8 Å². The summed E-state index contributed by atoms with van der Waals surface area (Å²) in [7, 11) is 0. The van der Waals surface area contributed by atoms with Crippen LogP contribution < -0.4 is 0 Å². The average Bonchev–Trinajstić information content (AvgIpc) is 2.66. The molecule has 1 atom stereocenters. The van der Waals surface area contributed by atoms with E-state index in [4.69, 9.17) is 0 Å². The Kier molecular flexibility index (Phi) is 3.47. The number of Topliss-reactive ketones (excluding diaryl/α,β-unsaturated/α-hetero) is 1. The lowest BCUT2D eigenvalue weighted by atomic mass is 10.0. The zero-order valence-corrected chi connectivity index (χ0v) is 9.22. The van der Waals surface area contributed by atoms with Gasteiger partial charge in [0.1, 0.15) is 5.78 Å². The minimum atomic E-state index is 0.172. The van der Waals surface area contributed by atoms with Gasteiger partial charge in [-0.1, -0.05) is 30.0 Å². The number of thioether (sulfide) groups is 1. The summed E-state index contributed by atoms with van der Waals surface area (Å²) >= 11 is 1.72. The summed E-state index contributed by atoms with van der Waals surface area (Å²) in [6, 6.07) is 9.89. The lowest BCUT2D eigenvalue weighted by Gasteiger charge is -1.98. The molecule has 1 unspecified atom stereocenters. The summed E-state index contributed by atoms with van der Waals surface area (Å²) < 4.78 is 0. The Labute approximate surface area is 94.3 Å². The van der Waals surface area contributed by atoms with Crippen molar-refractivity contribution in [1.82, 2.24) is 0 Å². The van der Waals surface area contributed by atoms with Gasteiger partial charge < -0.3 is 0 Å². The van der Waals surface area contributed by atoms with Crippen molar-refractivity contribution >= 4 is 17.5 Å².